The van der Waals surface area contributed by atoms with Gasteiger partial charge in [-0.15, -0.1) is 5.10 Å². The number of amides is 2. The lowest BCUT2D eigenvalue weighted by atomic mass is 10.2. The van der Waals surface area contributed by atoms with E-state index in [1.165, 1.54) is 12.5 Å². The van der Waals surface area contributed by atoms with Gasteiger partial charge in [0.25, 0.3) is 11.8 Å². The summed E-state index contributed by atoms with van der Waals surface area (Å²) in [5.41, 5.74) is 1.83. The van der Waals surface area contributed by atoms with Crippen LogP contribution in [0.2, 0.25) is 0 Å². The third-order valence-corrected chi connectivity index (χ3v) is 4.87. The van der Waals surface area contributed by atoms with Crippen molar-refractivity contribution < 1.29 is 14.0 Å². The van der Waals surface area contributed by atoms with Crippen LogP contribution >= 0.6 is 0 Å². The summed E-state index contributed by atoms with van der Waals surface area (Å²) >= 11 is 0. The second-order valence-electron chi connectivity index (χ2n) is 6.80. The highest BCUT2D eigenvalue weighted by Gasteiger charge is 2.30. The summed E-state index contributed by atoms with van der Waals surface area (Å²) in [6.45, 7) is 1.64. The SMILES string of the molecule is O=C(NCc1ccccc1)c1cn(CC2CCCN2C(=O)c2ccoc2)nn1. The number of furan rings is 1. The number of likely N-dealkylation sites (tertiary alicyclic amines) is 1. The van der Waals surface area contributed by atoms with Crippen molar-refractivity contribution >= 4 is 11.8 Å². The Labute approximate surface area is 162 Å². The second-order valence-corrected chi connectivity index (χ2v) is 6.80. The fraction of sp³-hybridized carbons (Fsp3) is 0.300. The van der Waals surface area contributed by atoms with Crippen LogP contribution in [-0.4, -0.2) is 44.3 Å². The van der Waals surface area contributed by atoms with Gasteiger partial charge in [0, 0.05) is 13.1 Å². The van der Waals surface area contributed by atoms with Crippen molar-refractivity contribution in [2.75, 3.05) is 6.54 Å². The molecule has 0 radical (unpaired) electrons. The normalized spacial score (nSPS) is 16.3. The first-order valence-electron chi connectivity index (χ1n) is 9.26. The second kappa shape index (κ2) is 8.08. The van der Waals surface area contributed by atoms with Gasteiger partial charge in [-0.3, -0.25) is 9.59 Å². The van der Waals surface area contributed by atoms with E-state index in [0.717, 1.165) is 18.4 Å². The maximum Gasteiger partial charge on any atom is 0.273 e. The van der Waals surface area contributed by atoms with Gasteiger partial charge in [0.05, 0.1) is 30.6 Å². The predicted octanol–water partition coefficient (Wildman–Crippen LogP) is 2.11. The Balaban J connectivity index is 1.36. The van der Waals surface area contributed by atoms with E-state index in [4.69, 9.17) is 4.42 Å². The van der Waals surface area contributed by atoms with Crippen molar-refractivity contribution in [2.24, 2.45) is 0 Å². The fourth-order valence-electron chi connectivity index (χ4n) is 3.42. The maximum atomic E-state index is 12.6. The first kappa shape index (κ1) is 18.0. The molecule has 2 amide bonds. The van der Waals surface area contributed by atoms with E-state index >= 15 is 0 Å². The van der Waals surface area contributed by atoms with Crippen molar-refractivity contribution in [1.82, 2.24) is 25.2 Å². The number of aromatic nitrogens is 3. The minimum atomic E-state index is -0.271. The van der Waals surface area contributed by atoms with Crippen molar-refractivity contribution in [3.63, 3.8) is 0 Å². The average Bonchev–Trinajstić information content (AvgIpc) is 3.48. The highest BCUT2D eigenvalue weighted by molar-refractivity contribution is 5.94. The first-order valence-corrected chi connectivity index (χ1v) is 9.26. The smallest absolute Gasteiger partial charge is 0.273 e. The number of benzene rings is 1. The molecule has 1 unspecified atom stereocenters. The molecular formula is C20H21N5O3. The molecule has 3 aromatic rings. The summed E-state index contributed by atoms with van der Waals surface area (Å²) in [6, 6.07) is 11.4. The van der Waals surface area contributed by atoms with Crippen molar-refractivity contribution in [3.8, 4) is 0 Å². The highest BCUT2D eigenvalue weighted by atomic mass is 16.3. The molecule has 0 bridgehead atoms. The van der Waals surface area contributed by atoms with Gasteiger partial charge in [-0.1, -0.05) is 35.5 Å². The highest BCUT2D eigenvalue weighted by Crippen LogP contribution is 2.21. The van der Waals surface area contributed by atoms with Crippen LogP contribution in [0.5, 0.6) is 0 Å². The molecule has 1 N–H and O–H groups in total. The lowest BCUT2D eigenvalue weighted by molar-refractivity contribution is 0.0720. The third kappa shape index (κ3) is 3.95. The monoisotopic (exact) mass is 379 g/mol. The Morgan fingerprint density at radius 2 is 2.07 bits per heavy atom. The van der Waals surface area contributed by atoms with Gasteiger partial charge in [0.15, 0.2) is 5.69 Å². The van der Waals surface area contributed by atoms with E-state index in [9.17, 15) is 9.59 Å². The van der Waals surface area contributed by atoms with Crippen molar-refractivity contribution in [2.45, 2.75) is 32.0 Å². The van der Waals surface area contributed by atoms with Gasteiger partial charge in [-0.2, -0.15) is 0 Å². The van der Waals surface area contributed by atoms with Gasteiger partial charge >= 0.3 is 0 Å². The van der Waals surface area contributed by atoms with Crippen molar-refractivity contribution in [1.29, 1.82) is 0 Å². The zero-order valence-corrected chi connectivity index (χ0v) is 15.3. The minimum absolute atomic E-state index is 0.0179. The van der Waals surface area contributed by atoms with Crippen LogP contribution in [0.1, 0.15) is 39.3 Å². The number of carbonyl (C=O) groups excluding carboxylic acids is 2. The Bertz CT molecular complexity index is 936. The predicted molar refractivity (Wildman–Crippen MR) is 100 cm³/mol. The molecule has 8 nitrogen and oxygen atoms in total. The summed E-state index contributed by atoms with van der Waals surface area (Å²) in [5, 5.41) is 10.9. The Morgan fingerprint density at radius 3 is 2.86 bits per heavy atom. The van der Waals surface area contributed by atoms with Crippen LogP contribution in [0.3, 0.4) is 0 Å². The quantitative estimate of drug-likeness (QED) is 0.708. The molecule has 1 aliphatic heterocycles. The summed E-state index contributed by atoms with van der Waals surface area (Å²) in [7, 11) is 0. The molecule has 28 heavy (non-hydrogen) atoms. The molecule has 0 spiro atoms. The van der Waals surface area contributed by atoms with Crippen LogP contribution in [0.4, 0.5) is 0 Å². The van der Waals surface area contributed by atoms with Gasteiger partial charge in [-0.25, -0.2) is 4.68 Å². The molecule has 1 saturated heterocycles. The molecule has 0 aliphatic carbocycles. The fourth-order valence-corrected chi connectivity index (χ4v) is 3.42. The Kier molecular flexibility index (Phi) is 5.18. The maximum absolute atomic E-state index is 12.6. The van der Waals surface area contributed by atoms with E-state index in [2.05, 4.69) is 15.6 Å². The Hall–Kier alpha value is -3.42. The van der Waals surface area contributed by atoms with Crippen LogP contribution < -0.4 is 5.32 Å². The van der Waals surface area contributed by atoms with Gasteiger partial charge in [0.1, 0.15) is 6.26 Å². The number of hydrogen-bond donors (Lipinski definition) is 1. The zero-order valence-electron chi connectivity index (χ0n) is 15.3. The summed E-state index contributed by atoms with van der Waals surface area (Å²) in [4.78, 5) is 26.7. The third-order valence-electron chi connectivity index (χ3n) is 4.87. The van der Waals surface area contributed by atoms with E-state index in [0.29, 0.717) is 25.2 Å². The Morgan fingerprint density at radius 1 is 1.21 bits per heavy atom. The van der Waals surface area contributed by atoms with Crippen LogP contribution in [-0.2, 0) is 13.1 Å². The number of rotatable bonds is 6. The number of nitrogens with zero attached hydrogens (tertiary/aromatic N) is 4. The van der Waals surface area contributed by atoms with E-state index in [1.807, 2.05) is 35.2 Å². The largest absolute Gasteiger partial charge is 0.472 e. The molecule has 4 rings (SSSR count). The lowest BCUT2D eigenvalue weighted by Gasteiger charge is -2.23. The van der Waals surface area contributed by atoms with Gasteiger partial charge in [-0.05, 0) is 24.5 Å². The molecule has 0 saturated carbocycles. The van der Waals surface area contributed by atoms with E-state index in [1.54, 1.807) is 16.9 Å². The molecule has 1 fully saturated rings. The first-order chi connectivity index (χ1) is 13.7. The molecule has 1 aromatic carbocycles. The topological polar surface area (TPSA) is 93.3 Å². The van der Waals surface area contributed by atoms with Gasteiger partial charge in [0.2, 0.25) is 0 Å². The average molecular weight is 379 g/mol. The van der Waals surface area contributed by atoms with E-state index in [-0.39, 0.29) is 23.6 Å². The zero-order chi connectivity index (χ0) is 19.3. The molecule has 2 aromatic heterocycles. The lowest BCUT2D eigenvalue weighted by Crippen LogP contribution is -2.38. The number of hydrogen-bond acceptors (Lipinski definition) is 5. The minimum Gasteiger partial charge on any atom is -0.472 e. The number of carbonyl (C=O) groups is 2. The van der Waals surface area contributed by atoms with E-state index < -0.39 is 0 Å². The molecule has 8 heteroatoms. The summed E-state index contributed by atoms with van der Waals surface area (Å²) in [5.74, 6) is -0.315. The van der Waals surface area contributed by atoms with Gasteiger partial charge < -0.3 is 14.6 Å². The van der Waals surface area contributed by atoms with Crippen LogP contribution in [0.25, 0.3) is 0 Å². The standard InChI is InChI=1S/C20H21N5O3/c26-19(21-11-15-5-2-1-3-6-15)18-13-24(23-22-18)12-17-7-4-9-25(17)20(27)16-8-10-28-14-16/h1-3,5-6,8,10,13-14,17H,4,7,9,11-12H2,(H,21,26). The van der Waals surface area contributed by atoms with Crippen LogP contribution in [0, 0.1) is 0 Å². The molecule has 1 atom stereocenters. The molecule has 1 aliphatic rings. The van der Waals surface area contributed by atoms with Crippen LogP contribution in [0.15, 0.2) is 59.5 Å². The van der Waals surface area contributed by atoms with Crippen molar-refractivity contribution in [3.05, 3.63) is 71.9 Å². The molecule has 3 heterocycles. The number of nitrogens with one attached hydrogen (secondary N) is 1. The summed E-state index contributed by atoms with van der Waals surface area (Å²) < 4.78 is 6.64. The molecular weight excluding hydrogens is 358 g/mol. The summed E-state index contributed by atoms with van der Waals surface area (Å²) in [6.07, 6.45) is 6.41. The molecule has 144 valence electrons.